The molecule has 2 amide bonds. The first-order valence-corrected chi connectivity index (χ1v) is 19.6. The Bertz CT molecular complexity index is 2340. The molecule has 298 valence electrons. The summed E-state index contributed by atoms with van der Waals surface area (Å²) >= 11 is 0. The van der Waals surface area contributed by atoms with E-state index in [1.807, 2.05) is 4.72 Å². The summed E-state index contributed by atoms with van der Waals surface area (Å²) in [5.41, 5.74) is -1.25. The second-order valence-electron chi connectivity index (χ2n) is 14.9. The molecule has 1 saturated carbocycles. The molecule has 0 bridgehead atoms. The summed E-state index contributed by atoms with van der Waals surface area (Å²) in [5.74, 6) is -4.78. The molecule has 56 heavy (non-hydrogen) atoms. The molecule has 1 aliphatic rings. The molecule has 1 heterocycles. The Kier molecular flexibility index (Phi) is 12.3. The number of ether oxygens (including phenoxy) is 1. The lowest BCUT2D eigenvalue weighted by atomic mass is 9.95. The Morgan fingerprint density at radius 2 is 1.54 bits per heavy atom. The minimum atomic E-state index is -4.44. The van der Waals surface area contributed by atoms with E-state index in [0.29, 0.717) is 47.5 Å². The number of aromatic nitrogens is 2. The van der Waals surface area contributed by atoms with Crippen molar-refractivity contribution in [3.05, 3.63) is 116 Å². The largest absolute Gasteiger partial charge is 0.461 e. The first-order chi connectivity index (χ1) is 26.3. The Morgan fingerprint density at radius 1 is 0.911 bits per heavy atom. The van der Waals surface area contributed by atoms with Crippen molar-refractivity contribution in [2.75, 3.05) is 10.0 Å². The number of hydrogen-bond donors (Lipinski definition) is 3. The Hall–Kier alpha value is -5.64. The molecular formula is C40H45F2N5O8S. The first-order valence-electron chi connectivity index (χ1n) is 18.1. The van der Waals surface area contributed by atoms with Gasteiger partial charge in [0.15, 0.2) is 0 Å². The summed E-state index contributed by atoms with van der Waals surface area (Å²) in [6, 6.07) is 10.9. The molecule has 13 nitrogen and oxygen atoms in total. The lowest BCUT2D eigenvalue weighted by Gasteiger charge is -2.25. The maximum absolute atomic E-state index is 15.5. The number of amides is 2. The van der Waals surface area contributed by atoms with Gasteiger partial charge in [0.1, 0.15) is 23.8 Å². The van der Waals surface area contributed by atoms with Crippen LogP contribution < -0.4 is 26.6 Å². The third-order valence-corrected chi connectivity index (χ3v) is 11.1. The van der Waals surface area contributed by atoms with Crippen LogP contribution in [0.4, 0.5) is 20.2 Å². The lowest BCUT2D eigenvalue weighted by Crippen LogP contribution is -2.45. The van der Waals surface area contributed by atoms with Crippen LogP contribution in [0, 0.1) is 30.9 Å². The quantitative estimate of drug-likeness (QED) is 0.169. The number of carbonyl (C=O) groups is 3. The van der Waals surface area contributed by atoms with Gasteiger partial charge in [-0.25, -0.2) is 31.4 Å². The van der Waals surface area contributed by atoms with Crippen molar-refractivity contribution in [3.8, 4) is 5.69 Å². The highest BCUT2D eigenvalue weighted by molar-refractivity contribution is 7.92. The van der Waals surface area contributed by atoms with E-state index in [9.17, 15) is 32.4 Å². The maximum atomic E-state index is 15.5. The molecule has 0 radical (unpaired) electrons. The number of benzene rings is 3. The Morgan fingerprint density at radius 3 is 2.14 bits per heavy atom. The zero-order chi connectivity index (χ0) is 41.1. The second-order valence-corrected chi connectivity index (χ2v) is 16.6. The average Bonchev–Trinajstić information content (AvgIpc) is 3.15. The van der Waals surface area contributed by atoms with Gasteiger partial charge in [-0.3, -0.25) is 19.1 Å². The molecule has 0 saturated heterocycles. The molecule has 1 aliphatic carbocycles. The van der Waals surface area contributed by atoms with Crippen LogP contribution in [0.15, 0.2) is 75.1 Å². The fourth-order valence-electron chi connectivity index (χ4n) is 6.10. The minimum absolute atomic E-state index is 0.141. The van der Waals surface area contributed by atoms with E-state index in [1.54, 1.807) is 53.8 Å². The molecule has 16 heteroatoms. The second kappa shape index (κ2) is 16.6. The van der Waals surface area contributed by atoms with Crippen LogP contribution in [0.3, 0.4) is 0 Å². The molecule has 0 spiro atoms. The molecule has 3 aromatic carbocycles. The van der Waals surface area contributed by atoms with E-state index >= 15 is 8.78 Å². The SMILES string of the molecule is Cc1c(C)n(C)c(=O)n(-c2ccc(C[C@H](NC(=O)c3cc(F)c(NS(=O)(=O)c4ccc(NC(=O)C(C)(C)C)cc4)cc3F)C(=O)OC3CCCCC3)cc2)c1=O. The van der Waals surface area contributed by atoms with E-state index < -0.39 is 67.5 Å². The number of nitrogens with zero attached hydrogens (tertiary/aromatic N) is 2. The highest BCUT2D eigenvalue weighted by Crippen LogP contribution is 2.26. The van der Waals surface area contributed by atoms with Crippen LogP contribution in [0.25, 0.3) is 5.69 Å². The van der Waals surface area contributed by atoms with Gasteiger partial charge >= 0.3 is 11.7 Å². The monoisotopic (exact) mass is 793 g/mol. The van der Waals surface area contributed by atoms with Crippen molar-refractivity contribution < 1.29 is 36.3 Å². The van der Waals surface area contributed by atoms with E-state index in [0.717, 1.165) is 23.8 Å². The molecule has 1 fully saturated rings. The van der Waals surface area contributed by atoms with Crippen molar-refractivity contribution in [2.45, 2.75) is 90.2 Å². The van der Waals surface area contributed by atoms with Gasteiger partial charge < -0.3 is 19.9 Å². The molecule has 4 aromatic rings. The summed E-state index contributed by atoms with van der Waals surface area (Å²) in [6.45, 7) is 8.42. The standard InChI is InChI=1S/C40H45F2N5O8S/c1-23-24(2)46(6)39(52)47(36(23)49)27-16-12-25(13-17-27)20-34(37(50)55-28-10-8-7-9-11-28)44-35(48)30-21-32(42)33(22-31(30)41)45-56(53,54)29-18-14-26(15-19-29)43-38(51)40(3,4)5/h12-19,21-22,28,34,45H,7-11,20H2,1-6H3,(H,43,51)(H,44,48)/t34-/m0/s1. The van der Waals surface area contributed by atoms with Gasteiger partial charge in [0.05, 0.1) is 21.8 Å². The van der Waals surface area contributed by atoms with Crippen LogP contribution in [-0.2, 0) is 37.8 Å². The minimum Gasteiger partial charge on any atom is -0.461 e. The summed E-state index contributed by atoms with van der Waals surface area (Å²) < 4.78 is 67.0. The number of esters is 1. The zero-order valence-corrected chi connectivity index (χ0v) is 32.8. The van der Waals surface area contributed by atoms with E-state index in [2.05, 4.69) is 10.6 Å². The number of anilines is 2. The Balaban J connectivity index is 1.35. The van der Waals surface area contributed by atoms with Gasteiger partial charge in [-0.15, -0.1) is 0 Å². The molecule has 5 rings (SSSR count). The number of hydrogen-bond acceptors (Lipinski definition) is 8. The summed E-state index contributed by atoms with van der Waals surface area (Å²) in [5, 5.41) is 5.11. The third-order valence-electron chi connectivity index (χ3n) is 9.76. The molecular weight excluding hydrogens is 749 g/mol. The summed E-state index contributed by atoms with van der Waals surface area (Å²) in [7, 11) is -2.88. The van der Waals surface area contributed by atoms with Crippen molar-refractivity contribution >= 4 is 39.2 Å². The van der Waals surface area contributed by atoms with Gasteiger partial charge in [-0.05, 0) is 87.6 Å². The van der Waals surface area contributed by atoms with Gasteiger partial charge in [0.25, 0.3) is 21.5 Å². The van der Waals surface area contributed by atoms with E-state index in [-0.39, 0.29) is 29.0 Å². The van der Waals surface area contributed by atoms with Crippen LogP contribution >= 0.6 is 0 Å². The number of carbonyl (C=O) groups excluding carboxylic acids is 3. The predicted molar refractivity (Wildman–Crippen MR) is 206 cm³/mol. The van der Waals surface area contributed by atoms with Crippen molar-refractivity contribution in [2.24, 2.45) is 12.5 Å². The van der Waals surface area contributed by atoms with Gasteiger partial charge in [0, 0.05) is 41.9 Å². The maximum Gasteiger partial charge on any atom is 0.335 e. The average molecular weight is 794 g/mol. The third kappa shape index (κ3) is 9.41. The number of rotatable bonds is 11. The van der Waals surface area contributed by atoms with Gasteiger partial charge in [-0.2, -0.15) is 0 Å². The normalized spacial score (nSPS) is 14.1. The highest BCUT2D eigenvalue weighted by atomic mass is 32.2. The molecule has 0 aliphatic heterocycles. The fourth-order valence-corrected chi connectivity index (χ4v) is 7.15. The van der Waals surface area contributed by atoms with Crippen molar-refractivity contribution in [1.29, 1.82) is 0 Å². The van der Waals surface area contributed by atoms with Gasteiger partial charge in [-0.1, -0.05) is 39.3 Å². The van der Waals surface area contributed by atoms with Gasteiger partial charge in [0.2, 0.25) is 5.91 Å². The van der Waals surface area contributed by atoms with Crippen LogP contribution in [0.5, 0.6) is 0 Å². The molecule has 3 N–H and O–H groups in total. The molecule has 0 unspecified atom stereocenters. The van der Waals surface area contributed by atoms with Crippen molar-refractivity contribution in [1.82, 2.24) is 14.5 Å². The van der Waals surface area contributed by atoms with E-state index in [4.69, 9.17) is 4.74 Å². The number of halogens is 2. The Labute approximate surface area is 323 Å². The summed E-state index contributed by atoms with van der Waals surface area (Å²) in [4.78, 5) is 64.8. The highest BCUT2D eigenvalue weighted by Gasteiger charge is 2.29. The van der Waals surface area contributed by atoms with Crippen LogP contribution in [0.2, 0.25) is 0 Å². The zero-order valence-electron chi connectivity index (χ0n) is 32.0. The first kappa shape index (κ1) is 41.5. The predicted octanol–water partition coefficient (Wildman–Crippen LogP) is 5.43. The van der Waals surface area contributed by atoms with E-state index in [1.165, 1.54) is 41.0 Å². The fraction of sp³-hybridized carbons (Fsp3) is 0.375. The smallest absolute Gasteiger partial charge is 0.335 e. The van der Waals surface area contributed by atoms with Crippen molar-refractivity contribution in [3.63, 3.8) is 0 Å². The van der Waals surface area contributed by atoms with Crippen LogP contribution in [-0.4, -0.2) is 47.5 Å². The van der Waals surface area contributed by atoms with Crippen LogP contribution in [0.1, 0.15) is 80.1 Å². The number of nitrogens with one attached hydrogen (secondary N) is 3. The topological polar surface area (TPSA) is 175 Å². The lowest BCUT2D eigenvalue weighted by molar-refractivity contribution is -0.152. The molecule has 1 atom stereocenters. The molecule has 1 aromatic heterocycles. The number of sulfonamides is 1. The summed E-state index contributed by atoms with van der Waals surface area (Å²) in [6.07, 6.45) is 3.45.